The fraction of sp³-hybridized carbons (Fsp3) is 0.538. The SMILES string of the molecule is CC1CSCCN1C(CN)c1ccc(F)c(Cl)c1. The van der Waals surface area contributed by atoms with Crippen LogP contribution < -0.4 is 5.73 Å². The summed E-state index contributed by atoms with van der Waals surface area (Å²) in [5, 5.41) is 0.171. The van der Waals surface area contributed by atoms with Crippen LogP contribution in [-0.2, 0) is 0 Å². The normalized spacial score (nSPS) is 23.0. The third kappa shape index (κ3) is 2.99. The quantitative estimate of drug-likeness (QED) is 0.927. The minimum absolute atomic E-state index is 0.124. The maximum Gasteiger partial charge on any atom is 0.141 e. The third-order valence-corrected chi connectivity index (χ3v) is 4.85. The molecular formula is C13H18ClFN2S. The maximum absolute atomic E-state index is 13.2. The van der Waals surface area contributed by atoms with E-state index in [9.17, 15) is 4.39 Å². The van der Waals surface area contributed by atoms with Crippen LogP contribution in [-0.4, -0.2) is 35.5 Å². The van der Waals surface area contributed by atoms with Gasteiger partial charge >= 0.3 is 0 Å². The predicted octanol–water partition coefficient (Wildman–Crippen LogP) is 2.92. The summed E-state index contributed by atoms with van der Waals surface area (Å²) >= 11 is 7.82. The van der Waals surface area contributed by atoms with E-state index in [0.717, 1.165) is 23.6 Å². The van der Waals surface area contributed by atoms with E-state index in [4.69, 9.17) is 17.3 Å². The summed E-state index contributed by atoms with van der Waals surface area (Å²) in [4.78, 5) is 2.39. The topological polar surface area (TPSA) is 29.3 Å². The summed E-state index contributed by atoms with van der Waals surface area (Å²) in [6.07, 6.45) is 0. The van der Waals surface area contributed by atoms with E-state index in [1.807, 2.05) is 11.8 Å². The van der Waals surface area contributed by atoms with Gasteiger partial charge in [0.2, 0.25) is 0 Å². The zero-order valence-corrected chi connectivity index (χ0v) is 12.0. The fourth-order valence-electron chi connectivity index (χ4n) is 2.39. The Balaban J connectivity index is 2.23. The number of hydrogen-bond donors (Lipinski definition) is 1. The highest BCUT2D eigenvalue weighted by molar-refractivity contribution is 7.99. The molecule has 1 aromatic carbocycles. The van der Waals surface area contributed by atoms with Crippen LogP contribution in [0.25, 0.3) is 0 Å². The van der Waals surface area contributed by atoms with Crippen molar-refractivity contribution in [1.82, 2.24) is 4.90 Å². The molecule has 0 bridgehead atoms. The summed E-state index contributed by atoms with van der Waals surface area (Å²) in [7, 11) is 0. The molecule has 100 valence electrons. The number of benzene rings is 1. The van der Waals surface area contributed by atoms with Gasteiger partial charge in [0, 0.05) is 36.7 Å². The Morgan fingerprint density at radius 1 is 1.61 bits per heavy atom. The summed E-state index contributed by atoms with van der Waals surface area (Å²) in [5.74, 6) is 1.86. The Hall–Kier alpha value is -0.290. The lowest BCUT2D eigenvalue weighted by Gasteiger charge is -2.39. The van der Waals surface area contributed by atoms with Crippen LogP contribution in [0.5, 0.6) is 0 Å². The van der Waals surface area contributed by atoms with Crippen molar-refractivity contribution in [2.24, 2.45) is 5.73 Å². The highest BCUT2D eigenvalue weighted by Crippen LogP contribution is 2.29. The molecule has 0 amide bonds. The minimum atomic E-state index is -0.376. The van der Waals surface area contributed by atoms with Gasteiger partial charge in [-0.2, -0.15) is 11.8 Å². The smallest absolute Gasteiger partial charge is 0.141 e. The Morgan fingerprint density at radius 3 is 3.00 bits per heavy atom. The van der Waals surface area contributed by atoms with Crippen LogP contribution in [0.1, 0.15) is 18.5 Å². The molecule has 2 rings (SSSR count). The van der Waals surface area contributed by atoms with Gasteiger partial charge in [-0.25, -0.2) is 4.39 Å². The predicted molar refractivity (Wildman–Crippen MR) is 76.7 cm³/mol. The van der Waals surface area contributed by atoms with Crippen LogP contribution in [0.3, 0.4) is 0 Å². The number of halogens is 2. The second-order valence-corrected chi connectivity index (χ2v) is 6.14. The molecule has 1 aromatic rings. The lowest BCUT2D eigenvalue weighted by Crippen LogP contribution is -2.45. The summed E-state index contributed by atoms with van der Waals surface area (Å²) in [5.41, 5.74) is 6.90. The highest BCUT2D eigenvalue weighted by Gasteiger charge is 2.26. The van der Waals surface area contributed by atoms with Crippen LogP contribution in [0.2, 0.25) is 5.02 Å². The molecule has 5 heteroatoms. The van der Waals surface area contributed by atoms with Gasteiger partial charge in [-0.05, 0) is 24.6 Å². The van der Waals surface area contributed by atoms with Crippen LogP contribution in [0, 0.1) is 5.82 Å². The molecule has 1 heterocycles. The number of nitrogens with two attached hydrogens (primary N) is 1. The van der Waals surface area contributed by atoms with Crippen molar-refractivity contribution in [3.63, 3.8) is 0 Å². The summed E-state index contributed by atoms with van der Waals surface area (Å²) in [6.45, 7) is 3.75. The van der Waals surface area contributed by atoms with E-state index < -0.39 is 0 Å². The first kappa shape index (κ1) is 14.1. The average Bonchev–Trinajstić information content (AvgIpc) is 2.37. The van der Waals surface area contributed by atoms with Gasteiger partial charge in [-0.1, -0.05) is 17.7 Å². The molecule has 0 radical (unpaired) electrons. The van der Waals surface area contributed by atoms with E-state index >= 15 is 0 Å². The lowest BCUT2D eigenvalue weighted by molar-refractivity contribution is 0.166. The van der Waals surface area contributed by atoms with Gasteiger partial charge in [0.25, 0.3) is 0 Å². The van der Waals surface area contributed by atoms with Crippen molar-refractivity contribution >= 4 is 23.4 Å². The molecule has 0 aliphatic carbocycles. The minimum Gasteiger partial charge on any atom is -0.329 e. The Kier molecular flexibility index (Phi) is 4.90. The standard InChI is InChI=1S/C13H18ClFN2S/c1-9-8-18-5-4-17(9)13(7-16)10-2-3-12(15)11(14)6-10/h2-3,6,9,13H,4-5,7-8,16H2,1H3. The zero-order valence-electron chi connectivity index (χ0n) is 10.4. The zero-order chi connectivity index (χ0) is 13.1. The molecule has 1 aliphatic rings. The van der Waals surface area contributed by atoms with E-state index in [1.165, 1.54) is 6.07 Å². The highest BCUT2D eigenvalue weighted by atomic mass is 35.5. The van der Waals surface area contributed by atoms with Gasteiger partial charge in [-0.3, -0.25) is 4.90 Å². The van der Waals surface area contributed by atoms with Crippen molar-refractivity contribution in [3.8, 4) is 0 Å². The van der Waals surface area contributed by atoms with Gasteiger partial charge in [0.15, 0.2) is 0 Å². The van der Waals surface area contributed by atoms with E-state index in [0.29, 0.717) is 12.6 Å². The largest absolute Gasteiger partial charge is 0.329 e. The van der Waals surface area contributed by atoms with E-state index in [1.54, 1.807) is 12.1 Å². The van der Waals surface area contributed by atoms with Crippen LogP contribution in [0.15, 0.2) is 18.2 Å². The number of thioether (sulfide) groups is 1. The molecule has 1 fully saturated rings. The first-order valence-corrected chi connectivity index (χ1v) is 7.65. The summed E-state index contributed by atoms with van der Waals surface area (Å²) < 4.78 is 13.2. The van der Waals surface area contributed by atoms with Gasteiger partial charge in [-0.15, -0.1) is 0 Å². The van der Waals surface area contributed by atoms with E-state index in [-0.39, 0.29) is 16.9 Å². The molecular weight excluding hydrogens is 271 g/mol. The van der Waals surface area contributed by atoms with Crippen molar-refractivity contribution in [2.75, 3.05) is 24.6 Å². The lowest BCUT2D eigenvalue weighted by atomic mass is 10.0. The molecule has 2 unspecified atom stereocenters. The molecule has 18 heavy (non-hydrogen) atoms. The average molecular weight is 289 g/mol. The number of nitrogens with zero attached hydrogens (tertiary/aromatic N) is 1. The second kappa shape index (κ2) is 6.24. The Bertz CT molecular complexity index is 416. The van der Waals surface area contributed by atoms with Crippen molar-refractivity contribution < 1.29 is 4.39 Å². The van der Waals surface area contributed by atoms with Gasteiger partial charge < -0.3 is 5.73 Å². The molecule has 0 saturated carbocycles. The first-order valence-electron chi connectivity index (χ1n) is 6.12. The molecule has 2 nitrogen and oxygen atoms in total. The van der Waals surface area contributed by atoms with Crippen molar-refractivity contribution in [3.05, 3.63) is 34.6 Å². The number of rotatable bonds is 3. The third-order valence-electron chi connectivity index (χ3n) is 3.37. The van der Waals surface area contributed by atoms with Gasteiger partial charge in [0.1, 0.15) is 5.82 Å². The van der Waals surface area contributed by atoms with Crippen molar-refractivity contribution in [2.45, 2.75) is 19.0 Å². The molecule has 2 atom stereocenters. The first-order chi connectivity index (χ1) is 8.63. The molecule has 1 aliphatic heterocycles. The van der Waals surface area contributed by atoms with Crippen LogP contribution >= 0.6 is 23.4 Å². The fourth-order valence-corrected chi connectivity index (χ4v) is 3.61. The molecule has 1 saturated heterocycles. The van der Waals surface area contributed by atoms with Gasteiger partial charge in [0.05, 0.1) is 5.02 Å². The molecule has 0 spiro atoms. The molecule has 0 aromatic heterocycles. The van der Waals surface area contributed by atoms with E-state index in [2.05, 4.69) is 11.8 Å². The maximum atomic E-state index is 13.2. The number of hydrogen-bond acceptors (Lipinski definition) is 3. The monoisotopic (exact) mass is 288 g/mol. The summed E-state index contributed by atoms with van der Waals surface area (Å²) in [6, 6.07) is 5.51. The Morgan fingerprint density at radius 2 is 2.39 bits per heavy atom. The Labute approximate surface area is 117 Å². The van der Waals surface area contributed by atoms with Crippen LogP contribution in [0.4, 0.5) is 4.39 Å². The van der Waals surface area contributed by atoms with Crippen molar-refractivity contribution in [1.29, 1.82) is 0 Å². The molecule has 2 N–H and O–H groups in total. The second-order valence-electron chi connectivity index (χ2n) is 4.59.